The molecule has 0 N–H and O–H groups in total. The molecule has 0 fully saturated rings. The zero-order chi connectivity index (χ0) is 34.2. The van der Waals surface area contributed by atoms with Crippen molar-refractivity contribution in [3.8, 4) is 11.5 Å². The van der Waals surface area contributed by atoms with Gasteiger partial charge in [-0.05, 0) is 41.0 Å². The summed E-state index contributed by atoms with van der Waals surface area (Å²) in [5, 5.41) is 9.85. The molecule has 49 heavy (non-hydrogen) atoms. The van der Waals surface area contributed by atoms with E-state index in [9.17, 15) is 0 Å². The summed E-state index contributed by atoms with van der Waals surface area (Å²) in [4.78, 5) is 0. The van der Waals surface area contributed by atoms with Crippen LogP contribution in [0.25, 0.3) is 0 Å². The van der Waals surface area contributed by atoms with Crippen molar-refractivity contribution in [3.05, 3.63) is 161 Å². The van der Waals surface area contributed by atoms with Gasteiger partial charge in [-0.3, -0.25) is 9.36 Å². The van der Waals surface area contributed by atoms with Crippen LogP contribution in [0, 0.1) is 10.2 Å². The molecule has 0 spiro atoms. The largest absolute Gasteiger partial charge is 0.497 e. The second kappa shape index (κ2) is 13.1. The Labute approximate surface area is 285 Å². The van der Waals surface area contributed by atoms with Gasteiger partial charge in [0.15, 0.2) is 17.9 Å². The maximum absolute atomic E-state index is 8.49. The minimum atomic E-state index is -4.94. The Bertz CT molecular complexity index is 1910. The lowest BCUT2D eigenvalue weighted by molar-refractivity contribution is -2.00. The molecule has 2 atom stereocenters. The van der Waals surface area contributed by atoms with Crippen LogP contribution >= 0.6 is 0 Å². The molecule has 1 aliphatic carbocycles. The number of hydrogen-bond acceptors (Lipinski definition) is 8. The number of nitrogens with zero attached hydrogens (tertiary/aromatic N) is 5. The van der Waals surface area contributed by atoms with Crippen molar-refractivity contribution in [1.82, 2.24) is 19.6 Å². The third kappa shape index (κ3) is 6.42. The topological polar surface area (TPSA) is 150 Å². The number of hydrogen-bond donors (Lipinski definition) is 0. The summed E-state index contributed by atoms with van der Waals surface area (Å²) >= 11 is 0. The summed E-state index contributed by atoms with van der Waals surface area (Å²) in [6.07, 6.45) is 11.8. The maximum Gasteiger partial charge on any atom is 0.190 e. The molecule has 9 rings (SSSR count). The second-order valence-corrected chi connectivity index (χ2v) is 13.0. The van der Waals surface area contributed by atoms with Crippen molar-refractivity contribution in [2.24, 2.45) is 0 Å². The minimum Gasteiger partial charge on any atom is -0.497 e. The lowest BCUT2D eigenvalue weighted by Crippen LogP contribution is -2.68. The monoisotopic (exact) mass is 679 g/mol. The third-order valence-electron chi connectivity index (χ3n) is 9.53. The van der Waals surface area contributed by atoms with Gasteiger partial charge in [0.2, 0.25) is 0 Å². The van der Waals surface area contributed by atoms with E-state index in [0.717, 1.165) is 17.9 Å². The number of rotatable bonds is 8. The van der Waals surface area contributed by atoms with Gasteiger partial charge in [-0.1, -0.05) is 54.6 Å². The summed E-state index contributed by atoms with van der Waals surface area (Å²) < 4.78 is 51.3. The third-order valence-corrected chi connectivity index (χ3v) is 9.53. The fourth-order valence-electron chi connectivity index (χ4n) is 7.47. The Balaban J connectivity index is 0.000000707. The molecule has 0 amide bonds. The van der Waals surface area contributed by atoms with E-state index in [2.05, 4.69) is 112 Å². The van der Waals surface area contributed by atoms with Crippen LogP contribution in [0.4, 0.5) is 0 Å². The van der Waals surface area contributed by atoms with Gasteiger partial charge >= 0.3 is 0 Å². The number of fused-ring (bicyclic) bond motifs is 1. The van der Waals surface area contributed by atoms with Crippen LogP contribution in [-0.2, 0) is 18.5 Å². The average Bonchev–Trinajstić information content (AvgIpc) is 3.79. The highest BCUT2D eigenvalue weighted by Gasteiger charge is 2.60. The Morgan fingerprint density at radius 3 is 1.71 bits per heavy atom. The first-order chi connectivity index (χ1) is 23.7. The number of pyridine rings is 1. The van der Waals surface area contributed by atoms with E-state index in [1.54, 1.807) is 14.2 Å². The number of methoxy groups -OCH3 is 2. The molecule has 2 unspecified atom stereocenters. The lowest BCUT2D eigenvalue weighted by Gasteiger charge is -2.48. The Morgan fingerprint density at radius 1 is 0.714 bits per heavy atom. The lowest BCUT2D eigenvalue weighted by atomic mass is 9.54. The molecule has 3 aromatic heterocycles. The molecule has 6 aromatic rings. The van der Waals surface area contributed by atoms with Crippen molar-refractivity contribution >= 4 is 0 Å². The standard InChI is InChI=1S/C37H34N5O2.ClHO4/c1-43-30-14-10-26(11-15-30)22-40-24-28(20-38-40)37(29-21-39-41(25-29)23-27-12-16-31(44-2)17-13-27)19-35-32-7-3-4-8-33(32)36(37)34-9-5-6-18-42(34)35;2-1(3,4)5/h3-18,20-21,24-25,35-36H,19,22-23H2,1-2H3;(H,2,3,4,5)/q+1;/p-1. The predicted molar refractivity (Wildman–Crippen MR) is 167 cm³/mol. The molecule has 0 saturated carbocycles. The van der Waals surface area contributed by atoms with Gasteiger partial charge < -0.3 is 9.47 Å². The number of aromatic nitrogens is 5. The highest BCUT2D eigenvalue weighted by molar-refractivity contribution is 5.53. The van der Waals surface area contributed by atoms with E-state index in [-0.39, 0.29) is 17.4 Å². The molecule has 0 saturated heterocycles. The first-order valence-electron chi connectivity index (χ1n) is 15.7. The zero-order valence-electron chi connectivity index (χ0n) is 26.9. The van der Waals surface area contributed by atoms with Crippen LogP contribution in [0.15, 0.2) is 122 Å². The van der Waals surface area contributed by atoms with Crippen LogP contribution in [0.5, 0.6) is 11.5 Å². The summed E-state index contributed by atoms with van der Waals surface area (Å²) in [5.74, 6) is 1.82. The Hall–Kier alpha value is -5.04. The van der Waals surface area contributed by atoms with Gasteiger partial charge in [0.05, 0.1) is 45.6 Å². The van der Waals surface area contributed by atoms with E-state index in [1.165, 1.54) is 39.1 Å². The van der Waals surface area contributed by atoms with Gasteiger partial charge in [0.25, 0.3) is 0 Å². The summed E-state index contributed by atoms with van der Waals surface area (Å²) in [6.45, 7) is 1.37. The van der Waals surface area contributed by atoms with Crippen LogP contribution in [0.1, 0.15) is 57.5 Å². The van der Waals surface area contributed by atoms with Crippen molar-refractivity contribution in [2.45, 2.75) is 36.9 Å². The number of ether oxygens (including phenoxy) is 2. The van der Waals surface area contributed by atoms with E-state index >= 15 is 0 Å². The SMILES string of the molecule is COc1ccc(Cn2cc(C3(c4cnn(Cc5ccc(OC)cc5)c4)CC4c5ccccc5C3c3cccc[n+]34)cn2)cc1.[O-][Cl+3]([O-])([O-])[O-]. The fourth-order valence-corrected chi connectivity index (χ4v) is 7.47. The second-order valence-electron chi connectivity index (χ2n) is 12.2. The zero-order valence-corrected chi connectivity index (χ0v) is 27.6. The molecule has 3 aromatic carbocycles. The van der Waals surface area contributed by atoms with Gasteiger partial charge in [-0.25, -0.2) is 18.6 Å². The predicted octanol–water partition coefficient (Wildman–Crippen LogP) is 1.15. The summed E-state index contributed by atoms with van der Waals surface area (Å²) in [6, 6.07) is 32.2. The molecular weight excluding hydrogens is 646 g/mol. The first kappa shape index (κ1) is 32.5. The van der Waals surface area contributed by atoms with E-state index < -0.39 is 10.2 Å². The summed E-state index contributed by atoms with van der Waals surface area (Å²) in [5.41, 5.74) is 8.58. The van der Waals surface area contributed by atoms with Crippen molar-refractivity contribution < 1.29 is 42.9 Å². The smallest absolute Gasteiger partial charge is 0.190 e. The van der Waals surface area contributed by atoms with Crippen molar-refractivity contribution in [3.63, 3.8) is 0 Å². The minimum absolute atomic E-state index is 0.113. The fraction of sp³-hybridized carbons (Fsp3) is 0.216. The molecule has 12 heteroatoms. The van der Waals surface area contributed by atoms with Crippen LogP contribution in [0.2, 0.25) is 0 Å². The van der Waals surface area contributed by atoms with Crippen LogP contribution in [0.3, 0.4) is 0 Å². The van der Waals surface area contributed by atoms with Gasteiger partial charge in [0, 0.05) is 53.1 Å². The number of benzene rings is 3. The van der Waals surface area contributed by atoms with Gasteiger partial charge in [0.1, 0.15) is 11.5 Å². The number of halogens is 1. The molecule has 0 radical (unpaired) electrons. The molecule has 11 nitrogen and oxygen atoms in total. The Kier molecular flexibility index (Phi) is 8.70. The quantitative estimate of drug-likeness (QED) is 0.218. The van der Waals surface area contributed by atoms with Crippen molar-refractivity contribution in [2.75, 3.05) is 14.2 Å². The molecule has 3 aliphatic rings. The van der Waals surface area contributed by atoms with Gasteiger partial charge in [-0.2, -0.15) is 14.8 Å². The van der Waals surface area contributed by atoms with E-state index in [4.69, 9.17) is 38.3 Å². The molecule has 5 heterocycles. The van der Waals surface area contributed by atoms with Crippen LogP contribution in [-0.4, -0.2) is 33.8 Å². The maximum atomic E-state index is 8.49. The van der Waals surface area contributed by atoms with Gasteiger partial charge in [-0.15, -0.1) is 10.2 Å². The average molecular weight is 680 g/mol. The Morgan fingerprint density at radius 2 is 1.20 bits per heavy atom. The highest BCUT2D eigenvalue weighted by Crippen LogP contribution is 2.59. The van der Waals surface area contributed by atoms with E-state index in [1.807, 2.05) is 24.3 Å². The van der Waals surface area contributed by atoms with Crippen molar-refractivity contribution in [1.29, 1.82) is 0 Å². The van der Waals surface area contributed by atoms with Crippen LogP contribution < -0.4 is 32.7 Å². The molecular formula is C37H34ClN5O6. The molecule has 250 valence electrons. The molecule has 2 aliphatic heterocycles. The molecule has 2 bridgehead atoms. The normalized spacial score (nSPS) is 17.0. The van der Waals surface area contributed by atoms with E-state index in [0.29, 0.717) is 13.1 Å². The summed E-state index contributed by atoms with van der Waals surface area (Å²) in [7, 11) is -1.56. The first-order valence-corrected chi connectivity index (χ1v) is 16.9. The highest BCUT2D eigenvalue weighted by atomic mass is 35.7.